The zero-order chi connectivity index (χ0) is 15.3. The first-order valence-corrected chi connectivity index (χ1v) is 8.13. The number of hydrogen-bond acceptors (Lipinski definition) is 3. The SMILES string of the molecule is CCC(C)CN(C)S(=O)(=O)Cc1cccc(C(=O)O)c1. The molecule has 0 spiro atoms. The maximum atomic E-state index is 12.2. The molecule has 0 aliphatic carbocycles. The predicted molar refractivity (Wildman–Crippen MR) is 78.1 cm³/mol. The number of aromatic carboxylic acids is 1. The van der Waals surface area contributed by atoms with Crippen LogP contribution in [-0.4, -0.2) is 37.4 Å². The molecule has 0 heterocycles. The second-order valence-electron chi connectivity index (χ2n) is 5.06. The van der Waals surface area contributed by atoms with Crippen molar-refractivity contribution in [3.05, 3.63) is 35.4 Å². The number of hydrogen-bond donors (Lipinski definition) is 1. The Hall–Kier alpha value is -1.40. The molecule has 20 heavy (non-hydrogen) atoms. The fraction of sp³-hybridized carbons (Fsp3) is 0.500. The first kappa shape index (κ1) is 16.7. The van der Waals surface area contributed by atoms with Crippen LogP contribution in [0.15, 0.2) is 24.3 Å². The van der Waals surface area contributed by atoms with E-state index in [1.54, 1.807) is 19.2 Å². The van der Waals surface area contributed by atoms with Crippen molar-refractivity contribution < 1.29 is 18.3 Å². The summed E-state index contributed by atoms with van der Waals surface area (Å²) in [6.45, 7) is 4.48. The Balaban J connectivity index is 2.85. The monoisotopic (exact) mass is 299 g/mol. The molecule has 1 atom stereocenters. The number of carboxylic acids is 1. The fourth-order valence-corrected chi connectivity index (χ4v) is 3.10. The molecule has 1 rings (SSSR count). The zero-order valence-corrected chi connectivity index (χ0v) is 12.9. The summed E-state index contributed by atoms with van der Waals surface area (Å²) >= 11 is 0. The number of sulfonamides is 1. The minimum Gasteiger partial charge on any atom is -0.478 e. The second kappa shape index (κ2) is 6.85. The van der Waals surface area contributed by atoms with Crippen LogP contribution in [0.5, 0.6) is 0 Å². The van der Waals surface area contributed by atoms with Gasteiger partial charge in [-0.15, -0.1) is 0 Å². The Bertz CT molecular complexity index is 568. The van der Waals surface area contributed by atoms with Gasteiger partial charge in [-0.1, -0.05) is 32.4 Å². The number of benzene rings is 1. The Morgan fingerprint density at radius 3 is 2.60 bits per heavy atom. The molecule has 1 aromatic rings. The second-order valence-corrected chi connectivity index (χ2v) is 7.13. The van der Waals surface area contributed by atoms with E-state index < -0.39 is 16.0 Å². The third kappa shape index (κ3) is 4.61. The van der Waals surface area contributed by atoms with Gasteiger partial charge in [-0.25, -0.2) is 17.5 Å². The Kier molecular flexibility index (Phi) is 5.71. The molecule has 0 bridgehead atoms. The minimum absolute atomic E-state index is 0.0993. The summed E-state index contributed by atoms with van der Waals surface area (Å²) in [6, 6.07) is 6.03. The highest BCUT2D eigenvalue weighted by atomic mass is 32.2. The summed E-state index contributed by atoms with van der Waals surface area (Å²) < 4.78 is 25.8. The lowest BCUT2D eigenvalue weighted by molar-refractivity contribution is 0.0696. The highest BCUT2D eigenvalue weighted by molar-refractivity contribution is 7.88. The van der Waals surface area contributed by atoms with Crippen molar-refractivity contribution in [3.63, 3.8) is 0 Å². The topological polar surface area (TPSA) is 74.7 Å². The first-order valence-electron chi connectivity index (χ1n) is 6.52. The Morgan fingerprint density at radius 1 is 1.40 bits per heavy atom. The quantitative estimate of drug-likeness (QED) is 0.837. The lowest BCUT2D eigenvalue weighted by Gasteiger charge is -2.20. The molecule has 0 saturated heterocycles. The summed E-state index contributed by atoms with van der Waals surface area (Å²) in [7, 11) is -1.86. The molecule has 0 amide bonds. The highest BCUT2D eigenvalue weighted by Crippen LogP contribution is 2.14. The minimum atomic E-state index is -3.42. The molecule has 1 N–H and O–H groups in total. The molecule has 0 aliphatic heterocycles. The third-order valence-electron chi connectivity index (χ3n) is 3.26. The van der Waals surface area contributed by atoms with Gasteiger partial charge >= 0.3 is 5.97 Å². The van der Waals surface area contributed by atoms with Crippen molar-refractivity contribution in [2.45, 2.75) is 26.0 Å². The van der Waals surface area contributed by atoms with Crippen LogP contribution in [-0.2, 0) is 15.8 Å². The van der Waals surface area contributed by atoms with Gasteiger partial charge in [0.05, 0.1) is 11.3 Å². The normalized spacial score (nSPS) is 13.4. The average molecular weight is 299 g/mol. The molecule has 0 aromatic heterocycles. The van der Waals surface area contributed by atoms with Crippen LogP contribution >= 0.6 is 0 Å². The van der Waals surface area contributed by atoms with Gasteiger partial charge in [-0.05, 0) is 23.6 Å². The van der Waals surface area contributed by atoms with Crippen molar-refractivity contribution in [3.8, 4) is 0 Å². The summed E-state index contributed by atoms with van der Waals surface area (Å²) in [5, 5.41) is 8.91. The van der Waals surface area contributed by atoms with Crippen molar-refractivity contribution in [1.82, 2.24) is 4.31 Å². The van der Waals surface area contributed by atoms with Crippen molar-refractivity contribution in [2.24, 2.45) is 5.92 Å². The van der Waals surface area contributed by atoms with Gasteiger partial charge in [0.2, 0.25) is 10.0 Å². The van der Waals surface area contributed by atoms with E-state index in [2.05, 4.69) is 0 Å². The molecule has 0 aliphatic rings. The van der Waals surface area contributed by atoms with E-state index in [0.717, 1.165) is 6.42 Å². The van der Waals surface area contributed by atoms with Crippen LogP contribution in [0.25, 0.3) is 0 Å². The summed E-state index contributed by atoms with van der Waals surface area (Å²) in [5.41, 5.74) is 0.586. The van der Waals surface area contributed by atoms with E-state index in [1.165, 1.54) is 16.4 Å². The summed E-state index contributed by atoms with van der Waals surface area (Å²) in [6.07, 6.45) is 0.911. The summed E-state index contributed by atoms with van der Waals surface area (Å²) in [5.74, 6) is -0.946. The molecule has 5 nitrogen and oxygen atoms in total. The number of nitrogens with zero attached hydrogens (tertiary/aromatic N) is 1. The van der Waals surface area contributed by atoms with E-state index in [1.807, 2.05) is 13.8 Å². The molecule has 0 saturated carbocycles. The highest BCUT2D eigenvalue weighted by Gasteiger charge is 2.20. The lowest BCUT2D eigenvalue weighted by atomic mass is 10.1. The molecule has 0 radical (unpaired) electrons. The van der Waals surface area contributed by atoms with E-state index in [-0.39, 0.29) is 11.3 Å². The van der Waals surface area contributed by atoms with Crippen LogP contribution in [0, 0.1) is 5.92 Å². The zero-order valence-electron chi connectivity index (χ0n) is 12.0. The molecular formula is C14H21NO4S. The van der Waals surface area contributed by atoms with Gasteiger partial charge < -0.3 is 5.11 Å². The van der Waals surface area contributed by atoms with E-state index in [4.69, 9.17) is 5.11 Å². The van der Waals surface area contributed by atoms with Gasteiger partial charge in [-0.2, -0.15) is 0 Å². The molecule has 112 valence electrons. The maximum absolute atomic E-state index is 12.2. The van der Waals surface area contributed by atoms with E-state index in [9.17, 15) is 13.2 Å². The fourth-order valence-electron chi connectivity index (χ4n) is 1.80. The first-order chi connectivity index (χ1) is 9.26. The lowest BCUT2D eigenvalue weighted by Crippen LogP contribution is -2.32. The van der Waals surface area contributed by atoms with Gasteiger partial charge in [0.25, 0.3) is 0 Å². The number of carboxylic acid groups (broad SMARTS) is 1. The number of rotatable bonds is 7. The van der Waals surface area contributed by atoms with Gasteiger partial charge in [-0.3, -0.25) is 0 Å². The van der Waals surface area contributed by atoms with Crippen molar-refractivity contribution in [2.75, 3.05) is 13.6 Å². The number of carbonyl (C=O) groups is 1. The molecule has 0 fully saturated rings. The Labute approximate surface area is 120 Å². The van der Waals surface area contributed by atoms with Gasteiger partial charge in [0, 0.05) is 13.6 Å². The van der Waals surface area contributed by atoms with Gasteiger partial charge in [0.15, 0.2) is 0 Å². The van der Waals surface area contributed by atoms with E-state index in [0.29, 0.717) is 18.0 Å². The van der Waals surface area contributed by atoms with Crippen molar-refractivity contribution in [1.29, 1.82) is 0 Å². The van der Waals surface area contributed by atoms with Gasteiger partial charge in [0.1, 0.15) is 0 Å². The average Bonchev–Trinajstić information content (AvgIpc) is 2.38. The van der Waals surface area contributed by atoms with Crippen LogP contribution < -0.4 is 0 Å². The molecule has 1 aromatic carbocycles. The Morgan fingerprint density at radius 2 is 2.05 bits per heavy atom. The molecule has 6 heteroatoms. The van der Waals surface area contributed by atoms with Crippen LogP contribution in [0.4, 0.5) is 0 Å². The maximum Gasteiger partial charge on any atom is 0.335 e. The smallest absolute Gasteiger partial charge is 0.335 e. The standard InChI is InChI=1S/C14H21NO4S/c1-4-11(2)9-15(3)20(18,19)10-12-6-5-7-13(8-12)14(16)17/h5-8,11H,4,9-10H2,1-3H3,(H,16,17). The van der Waals surface area contributed by atoms with Crippen LogP contribution in [0.2, 0.25) is 0 Å². The third-order valence-corrected chi connectivity index (χ3v) is 5.06. The largest absolute Gasteiger partial charge is 0.478 e. The van der Waals surface area contributed by atoms with Crippen LogP contribution in [0.3, 0.4) is 0 Å². The van der Waals surface area contributed by atoms with E-state index >= 15 is 0 Å². The molecular weight excluding hydrogens is 278 g/mol. The van der Waals surface area contributed by atoms with Crippen LogP contribution in [0.1, 0.15) is 36.2 Å². The predicted octanol–water partition coefficient (Wildman–Crippen LogP) is 2.19. The summed E-state index contributed by atoms with van der Waals surface area (Å²) in [4.78, 5) is 10.9. The molecule has 1 unspecified atom stereocenters. The van der Waals surface area contributed by atoms with Crippen molar-refractivity contribution >= 4 is 16.0 Å².